The minimum absolute atomic E-state index is 0.0862. The number of fused-ring (bicyclic) bond motifs is 3. The molecule has 0 radical (unpaired) electrons. The van der Waals surface area contributed by atoms with Crippen molar-refractivity contribution < 1.29 is 13.9 Å². The van der Waals surface area contributed by atoms with Crippen LogP contribution in [0.25, 0.3) is 10.9 Å². The predicted octanol–water partition coefficient (Wildman–Crippen LogP) is 4.33. The molecule has 0 fully saturated rings. The Morgan fingerprint density at radius 2 is 2.32 bits per heavy atom. The van der Waals surface area contributed by atoms with E-state index in [1.165, 1.54) is 29.1 Å². The summed E-state index contributed by atoms with van der Waals surface area (Å²) in [6.07, 6.45) is 8.35. The molecule has 146 valence electrons. The molecule has 2 atom stereocenters. The highest BCUT2D eigenvalue weighted by Crippen LogP contribution is 2.40. The molecule has 0 unspecified atom stereocenters. The number of nitrogens with zero attached hydrogens (tertiary/aromatic N) is 2. The number of rotatable bonds is 6. The van der Waals surface area contributed by atoms with E-state index in [0.717, 1.165) is 24.2 Å². The van der Waals surface area contributed by atoms with Crippen LogP contribution in [0.15, 0.2) is 53.4 Å². The molecule has 0 spiro atoms. The van der Waals surface area contributed by atoms with Gasteiger partial charge in [0.15, 0.2) is 6.39 Å². The van der Waals surface area contributed by atoms with Gasteiger partial charge in [-0.1, -0.05) is 24.3 Å². The van der Waals surface area contributed by atoms with Crippen LogP contribution in [0, 0.1) is 0 Å². The van der Waals surface area contributed by atoms with Crippen molar-refractivity contribution in [2.75, 3.05) is 13.2 Å². The number of aromatic nitrogens is 2. The first-order chi connectivity index (χ1) is 13.7. The molecule has 3 heterocycles. The van der Waals surface area contributed by atoms with Gasteiger partial charge >= 0.3 is 5.97 Å². The molecule has 0 amide bonds. The number of H-pyrrole nitrogens is 1. The van der Waals surface area contributed by atoms with Crippen LogP contribution in [0.1, 0.15) is 49.4 Å². The van der Waals surface area contributed by atoms with Crippen LogP contribution in [0.5, 0.6) is 0 Å². The zero-order chi connectivity index (χ0) is 19.5. The second-order valence-corrected chi connectivity index (χ2v) is 7.04. The summed E-state index contributed by atoms with van der Waals surface area (Å²) in [7, 11) is 0. The lowest BCUT2D eigenvalue weighted by atomic mass is 9.93. The summed E-state index contributed by atoms with van der Waals surface area (Å²) >= 11 is 0. The van der Waals surface area contributed by atoms with Crippen LogP contribution in [0.4, 0.5) is 0 Å². The van der Waals surface area contributed by atoms with Gasteiger partial charge < -0.3 is 14.1 Å². The molecule has 1 aliphatic heterocycles. The molecule has 1 aliphatic rings. The molecule has 1 aromatic carbocycles. The molecule has 6 heteroatoms. The van der Waals surface area contributed by atoms with Gasteiger partial charge in [-0.25, -0.2) is 9.78 Å². The molecule has 0 bridgehead atoms. The first-order valence-electron chi connectivity index (χ1n) is 9.76. The molecule has 3 aromatic rings. The number of aromatic amines is 1. The van der Waals surface area contributed by atoms with Crippen LogP contribution in [0.2, 0.25) is 0 Å². The monoisotopic (exact) mass is 379 g/mol. The maximum atomic E-state index is 11.7. The lowest BCUT2D eigenvalue weighted by Crippen LogP contribution is -2.37. The number of esters is 1. The van der Waals surface area contributed by atoms with E-state index in [-0.39, 0.29) is 18.1 Å². The SMILES string of the molecule is CCOC(=O)/C=C/C[C@@H]1c2[nH]c3ccccc3c2CCN1[C@@H](C)c1cnco1. The normalized spacial score (nSPS) is 18.4. The lowest BCUT2D eigenvalue weighted by Gasteiger charge is -2.38. The number of hydrogen-bond donors (Lipinski definition) is 1. The summed E-state index contributed by atoms with van der Waals surface area (Å²) < 4.78 is 10.6. The van der Waals surface area contributed by atoms with E-state index in [2.05, 4.69) is 46.1 Å². The fourth-order valence-corrected chi connectivity index (χ4v) is 4.13. The van der Waals surface area contributed by atoms with Gasteiger partial charge in [-0.2, -0.15) is 0 Å². The topological polar surface area (TPSA) is 71.4 Å². The number of para-hydroxylation sites is 1. The number of ether oxygens (including phenoxy) is 1. The highest BCUT2D eigenvalue weighted by atomic mass is 16.5. The summed E-state index contributed by atoms with van der Waals surface area (Å²) in [6, 6.07) is 8.62. The van der Waals surface area contributed by atoms with Gasteiger partial charge in [0.25, 0.3) is 0 Å². The van der Waals surface area contributed by atoms with E-state index in [9.17, 15) is 4.79 Å². The molecule has 1 N–H and O–H groups in total. The maximum Gasteiger partial charge on any atom is 0.330 e. The van der Waals surface area contributed by atoms with Crippen LogP contribution in [-0.2, 0) is 16.0 Å². The first-order valence-corrected chi connectivity index (χ1v) is 9.76. The van der Waals surface area contributed by atoms with Crippen molar-refractivity contribution >= 4 is 16.9 Å². The van der Waals surface area contributed by atoms with Gasteiger partial charge in [-0.05, 0) is 38.3 Å². The Bertz CT molecular complexity index is 974. The lowest BCUT2D eigenvalue weighted by molar-refractivity contribution is -0.137. The Balaban J connectivity index is 1.67. The Morgan fingerprint density at radius 3 is 3.11 bits per heavy atom. The maximum absolute atomic E-state index is 11.7. The van der Waals surface area contributed by atoms with Crippen LogP contribution < -0.4 is 0 Å². The minimum atomic E-state index is -0.301. The van der Waals surface area contributed by atoms with Crippen molar-refractivity contribution in [2.24, 2.45) is 0 Å². The summed E-state index contributed by atoms with van der Waals surface area (Å²) in [4.78, 5) is 21.8. The molecule has 6 nitrogen and oxygen atoms in total. The molecular formula is C22H25N3O3. The quantitative estimate of drug-likeness (QED) is 0.510. The van der Waals surface area contributed by atoms with Crippen LogP contribution in [-0.4, -0.2) is 34.0 Å². The Morgan fingerprint density at radius 1 is 1.46 bits per heavy atom. The largest absolute Gasteiger partial charge is 0.463 e. The predicted molar refractivity (Wildman–Crippen MR) is 107 cm³/mol. The Labute approximate surface area is 164 Å². The van der Waals surface area contributed by atoms with Crippen LogP contribution in [0.3, 0.4) is 0 Å². The number of carbonyl (C=O) groups excluding carboxylic acids is 1. The summed E-state index contributed by atoms with van der Waals surface area (Å²) in [5.41, 5.74) is 3.74. The number of hydrogen-bond acceptors (Lipinski definition) is 5. The van der Waals surface area contributed by atoms with Crippen molar-refractivity contribution in [2.45, 2.75) is 38.8 Å². The number of carbonyl (C=O) groups is 1. The van der Waals surface area contributed by atoms with E-state index in [1.54, 1.807) is 6.20 Å². The van der Waals surface area contributed by atoms with E-state index in [0.29, 0.717) is 13.0 Å². The third kappa shape index (κ3) is 3.47. The molecular weight excluding hydrogens is 354 g/mol. The average molecular weight is 379 g/mol. The van der Waals surface area contributed by atoms with Crippen LogP contribution >= 0.6 is 0 Å². The zero-order valence-electron chi connectivity index (χ0n) is 16.2. The summed E-state index contributed by atoms with van der Waals surface area (Å²) in [6.45, 7) is 5.24. The minimum Gasteiger partial charge on any atom is -0.463 e. The molecule has 0 aliphatic carbocycles. The fourth-order valence-electron chi connectivity index (χ4n) is 4.13. The molecule has 4 rings (SSSR count). The van der Waals surface area contributed by atoms with Gasteiger partial charge in [-0.15, -0.1) is 0 Å². The van der Waals surface area contributed by atoms with Gasteiger partial charge in [0, 0.05) is 29.2 Å². The van der Waals surface area contributed by atoms with Crippen molar-refractivity contribution in [1.82, 2.24) is 14.9 Å². The molecule has 28 heavy (non-hydrogen) atoms. The van der Waals surface area contributed by atoms with Gasteiger partial charge in [0.05, 0.1) is 24.9 Å². The van der Waals surface area contributed by atoms with E-state index >= 15 is 0 Å². The van der Waals surface area contributed by atoms with Crippen molar-refractivity contribution in [3.8, 4) is 0 Å². The second-order valence-electron chi connectivity index (χ2n) is 7.04. The number of benzene rings is 1. The highest BCUT2D eigenvalue weighted by molar-refractivity contribution is 5.85. The smallest absolute Gasteiger partial charge is 0.330 e. The number of nitrogens with one attached hydrogen (secondary N) is 1. The van der Waals surface area contributed by atoms with Gasteiger partial charge in [-0.3, -0.25) is 4.90 Å². The van der Waals surface area contributed by atoms with Crippen molar-refractivity contribution in [1.29, 1.82) is 0 Å². The highest BCUT2D eigenvalue weighted by Gasteiger charge is 2.33. The molecule has 0 saturated carbocycles. The van der Waals surface area contributed by atoms with E-state index < -0.39 is 0 Å². The zero-order valence-corrected chi connectivity index (χ0v) is 16.2. The Hall–Kier alpha value is -2.86. The van der Waals surface area contributed by atoms with Crippen molar-refractivity contribution in [3.05, 3.63) is 66.0 Å². The third-order valence-electron chi connectivity index (χ3n) is 5.46. The van der Waals surface area contributed by atoms with E-state index in [4.69, 9.17) is 9.15 Å². The summed E-state index contributed by atoms with van der Waals surface area (Å²) in [5.74, 6) is 0.545. The van der Waals surface area contributed by atoms with Gasteiger partial charge in [0.1, 0.15) is 5.76 Å². The first kappa shape index (κ1) is 18.5. The van der Waals surface area contributed by atoms with Crippen molar-refractivity contribution in [3.63, 3.8) is 0 Å². The third-order valence-corrected chi connectivity index (χ3v) is 5.46. The second kappa shape index (κ2) is 8.02. The van der Waals surface area contributed by atoms with E-state index in [1.807, 2.05) is 13.0 Å². The standard InChI is InChI=1S/C22H25N3O3/c1-3-27-21(26)10-6-9-19-22-17(16-7-4-5-8-18(16)24-22)11-12-25(19)15(2)20-13-23-14-28-20/h4-8,10,13-15,19,24H,3,9,11-12H2,1-2H3/b10-6+/t15-,19+/m0/s1. The van der Waals surface area contributed by atoms with Gasteiger partial charge in [0.2, 0.25) is 0 Å². The fraction of sp³-hybridized carbons (Fsp3) is 0.364. The molecule has 2 aromatic heterocycles. The number of oxazole rings is 1. The average Bonchev–Trinajstić information content (AvgIpc) is 3.36. The molecule has 0 saturated heterocycles. The Kier molecular flexibility index (Phi) is 5.30. The summed E-state index contributed by atoms with van der Waals surface area (Å²) in [5, 5.41) is 1.28.